The van der Waals surface area contributed by atoms with Crippen molar-refractivity contribution in [2.45, 2.75) is 103 Å². The predicted molar refractivity (Wildman–Crippen MR) is 184 cm³/mol. The average Bonchev–Trinajstić information content (AvgIpc) is 3.07. The van der Waals surface area contributed by atoms with E-state index in [0.29, 0.717) is 6.61 Å². The van der Waals surface area contributed by atoms with Crippen LogP contribution in [0.25, 0.3) is 0 Å². The van der Waals surface area contributed by atoms with Crippen molar-refractivity contribution in [2.24, 2.45) is 0 Å². The van der Waals surface area contributed by atoms with Crippen molar-refractivity contribution in [2.75, 3.05) is 6.61 Å². The molecule has 270 valence electrons. The van der Waals surface area contributed by atoms with Crippen LogP contribution >= 0.6 is 0 Å². The zero-order valence-corrected chi connectivity index (χ0v) is 29.2. The fourth-order valence-corrected chi connectivity index (χ4v) is 5.45. The minimum Gasteiger partial charge on any atom is -0.480 e. The van der Waals surface area contributed by atoms with Gasteiger partial charge in [0.2, 0.25) is 5.91 Å². The Bertz CT molecular complexity index is 1490. The first-order valence-corrected chi connectivity index (χ1v) is 16.6. The van der Waals surface area contributed by atoms with Crippen LogP contribution in [0.2, 0.25) is 0 Å². The lowest BCUT2D eigenvalue weighted by Gasteiger charge is -2.47. The van der Waals surface area contributed by atoms with Gasteiger partial charge in [0.15, 0.2) is 12.3 Å². The van der Waals surface area contributed by atoms with Crippen LogP contribution in [-0.4, -0.2) is 78.1 Å². The molecule has 1 heterocycles. The van der Waals surface area contributed by atoms with Gasteiger partial charge in [-0.1, -0.05) is 91.0 Å². The van der Waals surface area contributed by atoms with Crippen LogP contribution in [0.5, 0.6) is 0 Å². The number of carbonyl (C=O) groups excluding carboxylic acids is 2. The van der Waals surface area contributed by atoms with Crippen LogP contribution in [0.1, 0.15) is 51.3 Å². The molecule has 3 aromatic carbocycles. The highest BCUT2D eigenvalue weighted by Gasteiger charge is 2.50. The third-order valence-corrected chi connectivity index (χ3v) is 7.74. The van der Waals surface area contributed by atoms with Crippen LogP contribution in [0, 0.1) is 0 Å². The number of amides is 2. The fraction of sp³-hybridized carbons (Fsp3) is 0.447. The quantitative estimate of drug-likeness (QED) is 0.187. The third-order valence-electron chi connectivity index (χ3n) is 7.74. The van der Waals surface area contributed by atoms with Gasteiger partial charge in [0.05, 0.1) is 32.5 Å². The summed E-state index contributed by atoms with van der Waals surface area (Å²) in [6, 6.07) is 26.3. The van der Waals surface area contributed by atoms with Crippen molar-refractivity contribution in [3.05, 3.63) is 108 Å². The Morgan fingerprint density at radius 1 is 0.800 bits per heavy atom. The summed E-state index contributed by atoms with van der Waals surface area (Å²) in [7, 11) is 0. The van der Waals surface area contributed by atoms with Gasteiger partial charge >= 0.3 is 12.1 Å². The number of benzene rings is 3. The number of nitrogens with one attached hydrogen (secondary N) is 2. The number of carboxylic acid groups (broad SMARTS) is 1. The molecule has 0 aliphatic carbocycles. The molecular weight excluding hydrogens is 644 g/mol. The molecule has 3 aromatic rings. The maximum absolute atomic E-state index is 12.7. The number of carboxylic acids is 1. The summed E-state index contributed by atoms with van der Waals surface area (Å²) < 4.78 is 37.3. The Morgan fingerprint density at radius 2 is 1.30 bits per heavy atom. The van der Waals surface area contributed by atoms with Gasteiger partial charge in [-0.2, -0.15) is 0 Å². The van der Waals surface area contributed by atoms with E-state index in [1.807, 2.05) is 91.0 Å². The van der Waals surface area contributed by atoms with Gasteiger partial charge in [0.1, 0.15) is 30.0 Å². The summed E-state index contributed by atoms with van der Waals surface area (Å²) in [5, 5.41) is 15.3. The first-order valence-electron chi connectivity index (χ1n) is 16.6. The van der Waals surface area contributed by atoms with Gasteiger partial charge in [-0.3, -0.25) is 4.79 Å². The summed E-state index contributed by atoms with van der Waals surface area (Å²) in [5.41, 5.74) is 1.90. The highest BCUT2D eigenvalue weighted by Crippen LogP contribution is 2.30. The molecular formula is C38H48N2O10. The second-order valence-electron chi connectivity index (χ2n) is 13.1. The zero-order valence-electron chi connectivity index (χ0n) is 29.2. The predicted octanol–water partition coefficient (Wildman–Crippen LogP) is 4.99. The smallest absolute Gasteiger partial charge is 0.408 e. The van der Waals surface area contributed by atoms with E-state index in [1.165, 1.54) is 13.8 Å². The molecule has 0 spiro atoms. The Kier molecular flexibility index (Phi) is 14.3. The lowest BCUT2D eigenvalue weighted by Crippen LogP contribution is -2.67. The molecule has 7 atom stereocenters. The minimum absolute atomic E-state index is 0.0547. The van der Waals surface area contributed by atoms with Gasteiger partial charge in [-0.25, -0.2) is 9.59 Å². The zero-order chi connectivity index (χ0) is 36.1. The first-order chi connectivity index (χ1) is 23.9. The summed E-state index contributed by atoms with van der Waals surface area (Å²) in [4.78, 5) is 37.6. The van der Waals surface area contributed by atoms with Gasteiger partial charge in [0, 0.05) is 6.92 Å². The van der Waals surface area contributed by atoms with Crippen LogP contribution < -0.4 is 10.6 Å². The molecule has 3 N–H and O–H groups in total. The van der Waals surface area contributed by atoms with E-state index >= 15 is 0 Å². The van der Waals surface area contributed by atoms with E-state index in [1.54, 1.807) is 20.8 Å². The minimum atomic E-state index is -1.52. The molecule has 1 aliphatic rings. The monoisotopic (exact) mass is 692 g/mol. The molecule has 1 saturated heterocycles. The number of hydrogen-bond acceptors (Lipinski definition) is 9. The standard InChI is InChI=1S/C38H48N2O10/c1-25(31(35(42)43)40-37(44)50-38(3,4)5)48-36-32(39-26(2)41)34(47-23-29-19-13-8-14-20-29)33(46-22-28-17-11-7-12-18-28)30(49-36)24-45-21-27-15-9-6-10-16-27/h6-20,25,30-34,36H,21-24H2,1-5H3,(H,39,41)(H,40,44)(H,42,43)/t25-,30-,31+,32-,33+,34-,36+/m1/s1. The number of rotatable bonds is 16. The molecule has 1 aliphatic heterocycles. The van der Waals surface area contributed by atoms with Gasteiger partial charge in [0.25, 0.3) is 0 Å². The topological polar surface area (TPSA) is 151 Å². The second kappa shape index (κ2) is 18.6. The molecule has 0 aromatic heterocycles. The fourth-order valence-electron chi connectivity index (χ4n) is 5.45. The number of ether oxygens (including phenoxy) is 6. The summed E-state index contributed by atoms with van der Waals surface area (Å²) in [6.07, 6.45) is -5.71. The second-order valence-corrected chi connectivity index (χ2v) is 13.1. The number of carbonyl (C=O) groups is 3. The van der Waals surface area contributed by atoms with Crippen LogP contribution in [0.4, 0.5) is 4.79 Å². The van der Waals surface area contributed by atoms with Gasteiger partial charge < -0.3 is 44.2 Å². The number of alkyl carbamates (subject to hydrolysis) is 1. The Balaban J connectivity index is 1.66. The molecule has 12 nitrogen and oxygen atoms in total. The molecule has 0 bridgehead atoms. The summed E-state index contributed by atoms with van der Waals surface area (Å²) in [6.45, 7) is 8.58. The molecule has 0 unspecified atom stereocenters. The highest BCUT2D eigenvalue weighted by molar-refractivity contribution is 5.80. The van der Waals surface area contributed by atoms with E-state index in [-0.39, 0.29) is 19.8 Å². The molecule has 50 heavy (non-hydrogen) atoms. The van der Waals surface area contributed by atoms with Crippen molar-refractivity contribution in [1.29, 1.82) is 0 Å². The maximum Gasteiger partial charge on any atom is 0.408 e. The van der Waals surface area contributed by atoms with Crippen molar-refractivity contribution in [1.82, 2.24) is 10.6 Å². The van der Waals surface area contributed by atoms with Crippen LogP contribution in [0.15, 0.2) is 91.0 Å². The molecule has 0 saturated carbocycles. The van der Waals surface area contributed by atoms with Crippen molar-refractivity contribution in [3.8, 4) is 0 Å². The van der Waals surface area contributed by atoms with E-state index in [4.69, 9.17) is 28.4 Å². The Morgan fingerprint density at radius 3 is 1.78 bits per heavy atom. The highest BCUT2D eigenvalue weighted by atomic mass is 16.7. The maximum atomic E-state index is 12.7. The molecule has 4 rings (SSSR count). The van der Waals surface area contributed by atoms with Crippen molar-refractivity contribution in [3.63, 3.8) is 0 Å². The number of hydrogen-bond donors (Lipinski definition) is 3. The van der Waals surface area contributed by atoms with Crippen LogP contribution in [0.3, 0.4) is 0 Å². The van der Waals surface area contributed by atoms with Gasteiger partial charge in [-0.15, -0.1) is 0 Å². The van der Waals surface area contributed by atoms with E-state index in [9.17, 15) is 19.5 Å². The van der Waals surface area contributed by atoms with E-state index in [0.717, 1.165) is 16.7 Å². The average molecular weight is 693 g/mol. The first kappa shape index (κ1) is 38.5. The summed E-state index contributed by atoms with van der Waals surface area (Å²) >= 11 is 0. The van der Waals surface area contributed by atoms with Gasteiger partial charge in [-0.05, 0) is 44.4 Å². The molecule has 2 amide bonds. The largest absolute Gasteiger partial charge is 0.480 e. The SMILES string of the molecule is CC(=O)N[C@H]1[C@@H](O[C@H](C)[C@H](NC(=O)OC(C)(C)C)C(=O)O)O[C@H](COCc2ccccc2)[C@H](OCc2ccccc2)[C@@H]1OCc1ccccc1. The van der Waals surface area contributed by atoms with E-state index in [2.05, 4.69) is 10.6 Å². The molecule has 1 fully saturated rings. The van der Waals surface area contributed by atoms with Crippen molar-refractivity contribution >= 4 is 18.0 Å². The molecule has 12 heteroatoms. The summed E-state index contributed by atoms with van der Waals surface area (Å²) in [5.74, 6) is -1.74. The lowest BCUT2D eigenvalue weighted by molar-refractivity contribution is -0.300. The Hall–Kier alpha value is -4.33. The third kappa shape index (κ3) is 12.2. The van der Waals surface area contributed by atoms with E-state index < -0.39 is 66.4 Å². The Labute approximate surface area is 293 Å². The molecule has 0 radical (unpaired) electrons. The normalized spacial score (nSPS) is 21.8. The number of aliphatic carboxylic acids is 1. The lowest BCUT2D eigenvalue weighted by atomic mass is 9.95. The van der Waals surface area contributed by atoms with Crippen LogP contribution in [-0.2, 0) is 57.8 Å². The van der Waals surface area contributed by atoms with Crippen molar-refractivity contribution < 1.29 is 47.9 Å².